The Morgan fingerprint density at radius 2 is 1.74 bits per heavy atom. The van der Waals surface area contributed by atoms with Gasteiger partial charge in [-0.25, -0.2) is 4.83 Å². The quantitative estimate of drug-likeness (QED) is 0.524. The highest BCUT2D eigenvalue weighted by Crippen LogP contribution is 2.29. The Labute approximate surface area is 160 Å². The maximum Gasteiger partial charge on any atom is 0.276 e. The normalized spacial score (nSPS) is 11.6. The van der Waals surface area contributed by atoms with E-state index in [0.717, 1.165) is 0 Å². The highest BCUT2D eigenvalue weighted by molar-refractivity contribution is 7.89. The van der Waals surface area contributed by atoms with Crippen molar-refractivity contribution in [1.82, 2.24) is 4.83 Å². The third-order valence-electron chi connectivity index (χ3n) is 3.53. The second-order valence-corrected chi connectivity index (χ2v) is 7.77. The molecule has 0 aliphatic carbocycles. The number of hydrazone groups is 1. The first-order valence-corrected chi connectivity index (χ1v) is 9.84. The first kappa shape index (κ1) is 20.6. The van der Waals surface area contributed by atoms with E-state index in [1.165, 1.54) is 38.6 Å². The van der Waals surface area contributed by atoms with Crippen LogP contribution < -0.4 is 19.0 Å². The van der Waals surface area contributed by atoms with Crippen LogP contribution in [0.5, 0.6) is 17.2 Å². The van der Waals surface area contributed by atoms with Crippen molar-refractivity contribution >= 4 is 16.2 Å². The van der Waals surface area contributed by atoms with E-state index in [-0.39, 0.29) is 4.90 Å². The van der Waals surface area contributed by atoms with E-state index < -0.39 is 10.0 Å². The minimum atomic E-state index is -3.85. The molecule has 0 saturated heterocycles. The fraction of sp³-hybridized carbons (Fsp3) is 0.316. The summed E-state index contributed by atoms with van der Waals surface area (Å²) in [5.41, 5.74) is 0.674. The lowest BCUT2D eigenvalue weighted by atomic mass is 10.2. The number of para-hydroxylation sites is 1. The summed E-state index contributed by atoms with van der Waals surface area (Å²) in [4.78, 5) is 2.21. The van der Waals surface area contributed by atoms with Gasteiger partial charge in [0.1, 0.15) is 5.75 Å². The highest BCUT2D eigenvalue weighted by Gasteiger charge is 2.16. The number of hydrogen-bond donors (Lipinski definition) is 1. The molecule has 0 amide bonds. The van der Waals surface area contributed by atoms with E-state index in [2.05, 4.69) is 9.93 Å². The summed E-state index contributed by atoms with van der Waals surface area (Å²) >= 11 is 0. The number of benzene rings is 2. The number of rotatable bonds is 9. The van der Waals surface area contributed by atoms with E-state index in [4.69, 9.17) is 14.2 Å². The SMILES string of the molecule is COc1ccc(S(=O)(=O)N/N=C/c2ccccc2OCC(C)C)cc1OC. The van der Waals surface area contributed by atoms with Crippen molar-refractivity contribution < 1.29 is 22.6 Å². The molecule has 7 nitrogen and oxygen atoms in total. The summed E-state index contributed by atoms with van der Waals surface area (Å²) in [6.45, 7) is 4.66. The lowest BCUT2D eigenvalue weighted by Gasteiger charge is -2.11. The van der Waals surface area contributed by atoms with E-state index in [1.807, 2.05) is 32.0 Å². The molecule has 1 N–H and O–H groups in total. The van der Waals surface area contributed by atoms with Gasteiger partial charge in [0.15, 0.2) is 11.5 Å². The van der Waals surface area contributed by atoms with Crippen molar-refractivity contribution in [1.29, 1.82) is 0 Å². The van der Waals surface area contributed by atoms with Gasteiger partial charge < -0.3 is 14.2 Å². The Morgan fingerprint density at radius 3 is 2.41 bits per heavy atom. The monoisotopic (exact) mass is 392 g/mol. The van der Waals surface area contributed by atoms with E-state index >= 15 is 0 Å². The van der Waals surface area contributed by atoms with Crippen LogP contribution in [0.1, 0.15) is 19.4 Å². The van der Waals surface area contributed by atoms with Gasteiger partial charge >= 0.3 is 0 Å². The van der Waals surface area contributed by atoms with Crippen molar-refractivity contribution in [3.05, 3.63) is 48.0 Å². The van der Waals surface area contributed by atoms with Crippen molar-refractivity contribution in [3.63, 3.8) is 0 Å². The van der Waals surface area contributed by atoms with Gasteiger partial charge in [0.25, 0.3) is 10.0 Å². The number of ether oxygens (including phenoxy) is 3. The summed E-state index contributed by atoms with van der Waals surface area (Å²) in [6, 6.07) is 11.6. The van der Waals surface area contributed by atoms with Crippen molar-refractivity contribution in [3.8, 4) is 17.2 Å². The second kappa shape index (κ2) is 9.27. The lowest BCUT2D eigenvalue weighted by molar-refractivity contribution is 0.270. The van der Waals surface area contributed by atoms with Gasteiger partial charge in [-0.15, -0.1) is 0 Å². The average molecular weight is 392 g/mol. The first-order valence-electron chi connectivity index (χ1n) is 8.36. The summed E-state index contributed by atoms with van der Waals surface area (Å²) in [5, 5.41) is 3.86. The van der Waals surface area contributed by atoms with Crippen LogP contribution in [0.15, 0.2) is 52.5 Å². The molecule has 0 radical (unpaired) electrons. The largest absolute Gasteiger partial charge is 0.493 e. The Balaban J connectivity index is 2.16. The minimum absolute atomic E-state index is 0.0154. The zero-order chi connectivity index (χ0) is 19.9. The molecule has 0 aliphatic heterocycles. The third-order valence-corrected chi connectivity index (χ3v) is 4.75. The van der Waals surface area contributed by atoms with Crippen LogP contribution in [0.25, 0.3) is 0 Å². The van der Waals surface area contributed by atoms with Crippen molar-refractivity contribution in [2.24, 2.45) is 11.0 Å². The maximum absolute atomic E-state index is 12.4. The standard InChI is InChI=1S/C19H24N2O5S/c1-14(2)13-26-17-8-6-5-7-15(17)12-20-21-27(22,23)16-9-10-18(24-3)19(11-16)25-4/h5-12,14,21H,13H2,1-4H3/b20-12+. The van der Waals surface area contributed by atoms with Crippen LogP contribution in [0, 0.1) is 5.92 Å². The zero-order valence-electron chi connectivity index (χ0n) is 15.8. The van der Waals surface area contributed by atoms with Crippen LogP contribution in [0.4, 0.5) is 0 Å². The third kappa shape index (κ3) is 5.62. The van der Waals surface area contributed by atoms with Gasteiger partial charge in [-0.3, -0.25) is 0 Å². The Morgan fingerprint density at radius 1 is 1.04 bits per heavy atom. The predicted octanol–water partition coefficient (Wildman–Crippen LogP) is 3.05. The van der Waals surface area contributed by atoms with Gasteiger partial charge in [0.2, 0.25) is 0 Å². The van der Waals surface area contributed by atoms with Crippen LogP contribution in [-0.4, -0.2) is 35.5 Å². The molecule has 27 heavy (non-hydrogen) atoms. The second-order valence-electron chi connectivity index (χ2n) is 6.11. The number of hydrogen-bond acceptors (Lipinski definition) is 6. The minimum Gasteiger partial charge on any atom is -0.493 e. The fourth-order valence-corrected chi connectivity index (χ4v) is 2.98. The van der Waals surface area contributed by atoms with Crippen LogP contribution >= 0.6 is 0 Å². The maximum atomic E-state index is 12.4. The number of methoxy groups -OCH3 is 2. The Hall–Kier alpha value is -2.74. The van der Waals surface area contributed by atoms with Crippen LogP contribution in [0.3, 0.4) is 0 Å². The molecule has 0 aromatic heterocycles. The van der Waals surface area contributed by atoms with Crippen molar-refractivity contribution in [2.45, 2.75) is 18.7 Å². The number of nitrogens with one attached hydrogen (secondary N) is 1. The summed E-state index contributed by atoms with van der Waals surface area (Å²) in [5.74, 6) is 1.77. The lowest BCUT2D eigenvalue weighted by Crippen LogP contribution is -2.18. The summed E-state index contributed by atoms with van der Waals surface area (Å²) < 4.78 is 40.8. The molecule has 146 valence electrons. The molecule has 0 saturated carbocycles. The molecule has 0 unspecified atom stereocenters. The Bertz CT molecular complexity index is 895. The van der Waals surface area contributed by atoms with Gasteiger partial charge in [0.05, 0.1) is 31.9 Å². The molecule has 0 atom stereocenters. The molecule has 0 aliphatic rings. The van der Waals surface area contributed by atoms with Crippen LogP contribution in [-0.2, 0) is 10.0 Å². The molecule has 2 aromatic rings. The fourth-order valence-electron chi connectivity index (χ4n) is 2.18. The molecule has 0 fully saturated rings. The van der Waals surface area contributed by atoms with Gasteiger partial charge in [-0.05, 0) is 30.2 Å². The predicted molar refractivity (Wildman–Crippen MR) is 104 cm³/mol. The number of sulfonamides is 1. The molecular formula is C19H24N2O5S. The zero-order valence-corrected chi connectivity index (χ0v) is 16.6. The highest BCUT2D eigenvalue weighted by atomic mass is 32.2. The molecule has 2 rings (SSSR count). The molecule has 8 heteroatoms. The molecule has 0 bridgehead atoms. The molecular weight excluding hydrogens is 368 g/mol. The molecule has 2 aromatic carbocycles. The topological polar surface area (TPSA) is 86.2 Å². The van der Waals surface area contributed by atoms with Gasteiger partial charge in [-0.1, -0.05) is 26.0 Å². The average Bonchev–Trinajstić information content (AvgIpc) is 2.66. The van der Waals surface area contributed by atoms with E-state index in [0.29, 0.717) is 35.3 Å². The summed E-state index contributed by atoms with van der Waals surface area (Å²) in [7, 11) is -0.933. The summed E-state index contributed by atoms with van der Waals surface area (Å²) in [6.07, 6.45) is 1.41. The Kier molecular flexibility index (Phi) is 7.06. The first-order chi connectivity index (χ1) is 12.9. The van der Waals surface area contributed by atoms with E-state index in [9.17, 15) is 8.42 Å². The smallest absolute Gasteiger partial charge is 0.276 e. The number of nitrogens with zero attached hydrogens (tertiary/aromatic N) is 1. The van der Waals surface area contributed by atoms with E-state index in [1.54, 1.807) is 6.07 Å². The molecule has 0 spiro atoms. The molecule has 0 heterocycles. The van der Waals surface area contributed by atoms with Gasteiger partial charge in [0, 0.05) is 11.6 Å². The van der Waals surface area contributed by atoms with Crippen molar-refractivity contribution in [2.75, 3.05) is 20.8 Å². The van der Waals surface area contributed by atoms with Crippen LogP contribution in [0.2, 0.25) is 0 Å². The van der Waals surface area contributed by atoms with Gasteiger partial charge in [-0.2, -0.15) is 13.5 Å².